The first-order valence-electron chi connectivity index (χ1n) is 10.8. The van der Waals surface area contributed by atoms with E-state index < -0.39 is 0 Å². The summed E-state index contributed by atoms with van der Waals surface area (Å²) in [6, 6.07) is 6.17. The maximum Gasteiger partial charge on any atom is 0.328 e. The van der Waals surface area contributed by atoms with E-state index in [2.05, 4.69) is 24.4 Å². The average Bonchev–Trinajstić information content (AvgIpc) is 3.30. The van der Waals surface area contributed by atoms with Crippen LogP contribution in [0.2, 0.25) is 0 Å². The van der Waals surface area contributed by atoms with Crippen molar-refractivity contribution in [1.29, 1.82) is 0 Å². The zero-order chi connectivity index (χ0) is 18.6. The summed E-state index contributed by atoms with van der Waals surface area (Å²) in [5.74, 6) is 2.52. The first-order valence-corrected chi connectivity index (χ1v) is 10.8. The number of aliphatic hydroxyl groups is 1. The van der Waals surface area contributed by atoms with Gasteiger partial charge in [0.2, 0.25) is 0 Å². The molecule has 1 aromatic carbocycles. The number of benzene rings is 1. The molecule has 4 nitrogen and oxygen atoms in total. The normalized spacial score (nSPS) is 40.1. The maximum atomic E-state index is 12.3. The van der Waals surface area contributed by atoms with Crippen molar-refractivity contribution in [2.75, 3.05) is 6.54 Å². The first kappa shape index (κ1) is 17.7. The molecule has 3 fully saturated rings. The van der Waals surface area contributed by atoms with Crippen LogP contribution in [0.5, 0.6) is 5.75 Å². The van der Waals surface area contributed by atoms with Crippen LogP contribution in [-0.2, 0) is 11.2 Å². The Morgan fingerprint density at radius 3 is 2.93 bits per heavy atom. The number of hydrogen-bond acceptors (Lipinski definition) is 4. The molecular formula is C23H31NO3. The van der Waals surface area contributed by atoms with Gasteiger partial charge in [0, 0.05) is 0 Å². The number of carbonyl (C=O) groups is 1. The molecule has 1 heterocycles. The second kappa shape index (κ2) is 6.59. The summed E-state index contributed by atoms with van der Waals surface area (Å²) in [6.45, 7) is 3.22. The Hall–Kier alpha value is -1.39. The molecule has 146 valence electrons. The smallest absolute Gasteiger partial charge is 0.328 e. The van der Waals surface area contributed by atoms with E-state index in [1.165, 1.54) is 30.4 Å². The Kier molecular flexibility index (Phi) is 4.32. The fraction of sp³-hybridized carbons (Fsp3) is 0.696. The molecule has 5 rings (SSSR count). The molecule has 2 saturated carbocycles. The first-order chi connectivity index (χ1) is 13.1. The van der Waals surface area contributed by atoms with Crippen molar-refractivity contribution >= 4 is 5.97 Å². The van der Waals surface area contributed by atoms with E-state index >= 15 is 0 Å². The van der Waals surface area contributed by atoms with Crippen molar-refractivity contribution in [3.63, 3.8) is 0 Å². The van der Waals surface area contributed by atoms with Crippen LogP contribution in [0, 0.1) is 17.3 Å². The van der Waals surface area contributed by atoms with Crippen molar-refractivity contribution in [2.24, 2.45) is 17.3 Å². The minimum absolute atomic E-state index is 0.115. The summed E-state index contributed by atoms with van der Waals surface area (Å²) in [5, 5.41) is 13.7. The Labute approximate surface area is 161 Å². The van der Waals surface area contributed by atoms with Crippen molar-refractivity contribution in [3.8, 4) is 5.75 Å². The minimum atomic E-state index is -0.144. The molecule has 3 aliphatic carbocycles. The Morgan fingerprint density at radius 1 is 1.22 bits per heavy atom. The SMILES string of the molecule is C[C@]12CCC3c4ccc(OC(=O)[C@@H]5CCCN5)cc4CCC3C1CC[C@@H]2O. The van der Waals surface area contributed by atoms with E-state index in [9.17, 15) is 9.90 Å². The molecule has 0 bridgehead atoms. The highest BCUT2D eigenvalue weighted by molar-refractivity contribution is 5.78. The second-order valence-corrected chi connectivity index (χ2v) is 9.48. The number of rotatable bonds is 2. The van der Waals surface area contributed by atoms with Gasteiger partial charge in [-0.3, -0.25) is 0 Å². The molecule has 1 saturated heterocycles. The van der Waals surface area contributed by atoms with E-state index in [0.29, 0.717) is 23.5 Å². The molecule has 0 aromatic heterocycles. The Balaban J connectivity index is 1.35. The van der Waals surface area contributed by atoms with Gasteiger partial charge in [0.1, 0.15) is 11.8 Å². The van der Waals surface area contributed by atoms with E-state index in [1.54, 1.807) is 0 Å². The highest BCUT2D eigenvalue weighted by Gasteiger charge is 2.54. The van der Waals surface area contributed by atoms with Crippen LogP contribution in [0.25, 0.3) is 0 Å². The zero-order valence-corrected chi connectivity index (χ0v) is 16.2. The number of aliphatic hydroxyl groups excluding tert-OH is 1. The van der Waals surface area contributed by atoms with Gasteiger partial charge in [0.25, 0.3) is 0 Å². The van der Waals surface area contributed by atoms with Crippen molar-refractivity contribution in [3.05, 3.63) is 29.3 Å². The van der Waals surface area contributed by atoms with E-state index in [0.717, 1.165) is 38.6 Å². The lowest BCUT2D eigenvalue weighted by Crippen LogP contribution is -2.43. The molecule has 6 atom stereocenters. The van der Waals surface area contributed by atoms with Gasteiger partial charge in [-0.15, -0.1) is 0 Å². The monoisotopic (exact) mass is 369 g/mol. The lowest BCUT2D eigenvalue weighted by Gasteiger charge is -2.50. The molecule has 0 spiro atoms. The molecule has 4 aliphatic rings. The Morgan fingerprint density at radius 2 is 2.11 bits per heavy atom. The van der Waals surface area contributed by atoms with Crippen LogP contribution in [0.3, 0.4) is 0 Å². The number of fused-ring (bicyclic) bond motifs is 5. The number of hydrogen-bond donors (Lipinski definition) is 2. The molecule has 4 heteroatoms. The summed E-state index contributed by atoms with van der Waals surface area (Å²) >= 11 is 0. The molecule has 0 radical (unpaired) electrons. The van der Waals surface area contributed by atoms with Gasteiger partial charge in [0.15, 0.2) is 0 Å². The van der Waals surface area contributed by atoms with Gasteiger partial charge in [-0.2, -0.15) is 0 Å². The number of esters is 1. The minimum Gasteiger partial charge on any atom is -0.425 e. The van der Waals surface area contributed by atoms with E-state index in [-0.39, 0.29) is 23.5 Å². The zero-order valence-electron chi connectivity index (χ0n) is 16.2. The third kappa shape index (κ3) is 2.84. The van der Waals surface area contributed by atoms with Crippen LogP contribution in [0.1, 0.15) is 68.9 Å². The lowest BCUT2D eigenvalue weighted by molar-refractivity contribution is -0.136. The van der Waals surface area contributed by atoms with Gasteiger partial charge < -0.3 is 15.2 Å². The standard InChI is InChI=1S/C23H31NO3/c1-23-11-10-17-16-7-5-15(27-22(26)20-3-2-12-24-20)13-14(16)4-6-18(17)19(23)8-9-21(23)25/h5,7,13,17-21,24-25H,2-4,6,8-12H2,1H3/t17?,18?,19?,20-,21-,23-/m0/s1. The van der Waals surface area contributed by atoms with Gasteiger partial charge in [0.05, 0.1) is 6.10 Å². The van der Waals surface area contributed by atoms with Crippen LogP contribution in [0.4, 0.5) is 0 Å². The molecule has 2 N–H and O–H groups in total. The Bertz CT molecular complexity index is 741. The number of nitrogens with one attached hydrogen (secondary N) is 1. The maximum absolute atomic E-state index is 12.3. The van der Waals surface area contributed by atoms with Crippen molar-refractivity contribution in [2.45, 2.75) is 76.4 Å². The number of aryl methyl sites for hydroxylation is 1. The largest absolute Gasteiger partial charge is 0.425 e. The van der Waals surface area contributed by atoms with Gasteiger partial charge in [-0.1, -0.05) is 13.0 Å². The van der Waals surface area contributed by atoms with Crippen molar-refractivity contribution < 1.29 is 14.6 Å². The van der Waals surface area contributed by atoms with E-state index in [4.69, 9.17) is 4.74 Å². The molecule has 1 aliphatic heterocycles. The van der Waals surface area contributed by atoms with Gasteiger partial charge in [-0.25, -0.2) is 4.79 Å². The number of carbonyl (C=O) groups excluding carboxylic acids is 1. The molecule has 0 amide bonds. The summed E-state index contributed by atoms with van der Waals surface area (Å²) in [4.78, 5) is 12.3. The van der Waals surface area contributed by atoms with Crippen LogP contribution in [-0.4, -0.2) is 29.8 Å². The average molecular weight is 370 g/mol. The van der Waals surface area contributed by atoms with Gasteiger partial charge in [-0.05, 0) is 104 Å². The predicted molar refractivity (Wildman–Crippen MR) is 104 cm³/mol. The highest BCUT2D eigenvalue weighted by atomic mass is 16.5. The number of ether oxygens (including phenoxy) is 1. The quantitative estimate of drug-likeness (QED) is 0.618. The summed E-state index contributed by atoms with van der Waals surface area (Å²) < 4.78 is 5.67. The third-order valence-corrected chi connectivity index (χ3v) is 8.21. The van der Waals surface area contributed by atoms with Gasteiger partial charge >= 0.3 is 5.97 Å². The van der Waals surface area contributed by atoms with Crippen LogP contribution >= 0.6 is 0 Å². The fourth-order valence-electron chi connectivity index (χ4n) is 6.67. The molecule has 3 unspecified atom stereocenters. The lowest BCUT2D eigenvalue weighted by atomic mass is 9.55. The molecule has 1 aromatic rings. The van der Waals surface area contributed by atoms with E-state index in [1.807, 2.05) is 6.07 Å². The summed E-state index contributed by atoms with van der Waals surface area (Å²) in [7, 11) is 0. The topological polar surface area (TPSA) is 58.6 Å². The predicted octanol–water partition coefficient (Wildman–Crippen LogP) is 3.56. The third-order valence-electron chi connectivity index (χ3n) is 8.21. The summed E-state index contributed by atoms with van der Waals surface area (Å²) in [6.07, 6.45) is 8.52. The van der Waals surface area contributed by atoms with Crippen LogP contribution < -0.4 is 10.1 Å². The van der Waals surface area contributed by atoms with Crippen molar-refractivity contribution in [1.82, 2.24) is 5.32 Å². The molecule has 27 heavy (non-hydrogen) atoms. The second-order valence-electron chi connectivity index (χ2n) is 9.48. The van der Waals surface area contributed by atoms with Crippen LogP contribution in [0.15, 0.2) is 18.2 Å². The molecular weight excluding hydrogens is 338 g/mol. The summed E-state index contributed by atoms with van der Waals surface area (Å²) in [5.41, 5.74) is 2.96. The fourth-order valence-corrected chi connectivity index (χ4v) is 6.67. The highest BCUT2D eigenvalue weighted by Crippen LogP contribution is 2.60.